The van der Waals surface area contributed by atoms with Gasteiger partial charge in [-0.05, 0) is 45.2 Å². The Balaban J connectivity index is 1.96. The fourth-order valence-corrected chi connectivity index (χ4v) is 4.25. The molecule has 19 heavy (non-hydrogen) atoms. The maximum atomic E-state index is 3.83. The van der Waals surface area contributed by atoms with E-state index in [0.29, 0.717) is 0 Å². The van der Waals surface area contributed by atoms with E-state index in [0.717, 1.165) is 18.1 Å². The second-order valence-electron chi connectivity index (χ2n) is 6.53. The third-order valence-electron chi connectivity index (χ3n) is 5.22. The van der Waals surface area contributed by atoms with Crippen LogP contribution in [0.3, 0.4) is 0 Å². The number of rotatable bonds is 6. The topological polar surface area (TPSA) is 15.3 Å². The van der Waals surface area contributed by atoms with Crippen molar-refractivity contribution in [2.24, 2.45) is 0 Å². The van der Waals surface area contributed by atoms with E-state index in [1.165, 1.54) is 77.3 Å². The van der Waals surface area contributed by atoms with E-state index in [4.69, 9.17) is 0 Å². The van der Waals surface area contributed by atoms with Gasteiger partial charge >= 0.3 is 0 Å². The Labute approximate surface area is 120 Å². The zero-order chi connectivity index (χ0) is 13.5. The first-order valence-electron chi connectivity index (χ1n) is 8.86. The molecule has 0 aromatic rings. The first kappa shape index (κ1) is 15.3. The molecule has 2 unspecified atom stereocenters. The van der Waals surface area contributed by atoms with E-state index >= 15 is 0 Å². The Morgan fingerprint density at radius 3 is 2.26 bits per heavy atom. The quantitative estimate of drug-likeness (QED) is 0.783. The highest BCUT2D eigenvalue weighted by atomic mass is 15.2. The van der Waals surface area contributed by atoms with Gasteiger partial charge in [0.15, 0.2) is 0 Å². The Kier molecular flexibility index (Phi) is 6.66. The summed E-state index contributed by atoms with van der Waals surface area (Å²) in [6.07, 6.45) is 14.2. The van der Waals surface area contributed by atoms with Gasteiger partial charge in [-0.25, -0.2) is 0 Å². The van der Waals surface area contributed by atoms with Crippen molar-refractivity contribution >= 4 is 0 Å². The maximum Gasteiger partial charge on any atom is 0.0252 e. The van der Waals surface area contributed by atoms with Crippen molar-refractivity contribution < 1.29 is 0 Å². The van der Waals surface area contributed by atoms with Crippen LogP contribution in [-0.2, 0) is 0 Å². The predicted molar refractivity (Wildman–Crippen MR) is 83.6 cm³/mol. The van der Waals surface area contributed by atoms with E-state index in [9.17, 15) is 0 Å². The molecule has 0 radical (unpaired) electrons. The molecule has 2 atom stereocenters. The molecule has 2 saturated carbocycles. The molecule has 1 N–H and O–H groups in total. The van der Waals surface area contributed by atoms with Crippen LogP contribution in [0.5, 0.6) is 0 Å². The van der Waals surface area contributed by atoms with E-state index in [-0.39, 0.29) is 0 Å². The first-order chi connectivity index (χ1) is 9.36. The van der Waals surface area contributed by atoms with Gasteiger partial charge in [0.2, 0.25) is 0 Å². The van der Waals surface area contributed by atoms with Crippen LogP contribution < -0.4 is 5.32 Å². The molecule has 2 rings (SSSR count). The van der Waals surface area contributed by atoms with Crippen molar-refractivity contribution in [2.75, 3.05) is 13.1 Å². The molecule has 2 aliphatic rings. The van der Waals surface area contributed by atoms with Gasteiger partial charge in [0.25, 0.3) is 0 Å². The van der Waals surface area contributed by atoms with Crippen LogP contribution in [0.2, 0.25) is 0 Å². The van der Waals surface area contributed by atoms with Gasteiger partial charge in [-0.1, -0.05) is 46.0 Å². The molecule has 2 aliphatic carbocycles. The van der Waals surface area contributed by atoms with Crippen LogP contribution in [0.15, 0.2) is 0 Å². The van der Waals surface area contributed by atoms with Crippen molar-refractivity contribution in [3.8, 4) is 0 Å². The highest BCUT2D eigenvalue weighted by Crippen LogP contribution is 2.30. The number of nitrogens with zero attached hydrogens (tertiary/aromatic N) is 1. The fraction of sp³-hybridized carbons (Fsp3) is 1.00. The SMILES string of the molecule is CCCNC1CCCCC1N(CC)C1CCCCC1. The highest BCUT2D eigenvalue weighted by molar-refractivity contribution is 4.91. The van der Waals surface area contributed by atoms with Crippen molar-refractivity contribution in [1.29, 1.82) is 0 Å². The molecule has 2 heteroatoms. The summed E-state index contributed by atoms with van der Waals surface area (Å²) in [5.41, 5.74) is 0. The van der Waals surface area contributed by atoms with Crippen molar-refractivity contribution in [2.45, 2.75) is 96.2 Å². The molecule has 0 aromatic heterocycles. The van der Waals surface area contributed by atoms with Crippen LogP contribution in [0.4, 0.5) is 0 Å². The third kappa shape index (κ3) is 4.19. The lowest BCUT2D eigenvalue weighted by molar-refractivity contribution is 0.0648. The second-order valence-corrected chi connectivity index (χ2v) is 6.53. The Bertz CT molecular complexity index is 235. The molecule has 2 fully saturated rings. The van der Waals surface area contributed by atoms with Gasteiger partial charge in [-0.2, -0.15) is 0 Å². The summed E-state index contributed by atoms with van der Waals surface area (Å²) < 4.78 is 0. The fourth-order valence-electron chi connectivity index (χ4n) is 4.25. The minimum absolute atomic E-state index is 0.760. The van der Waals surface area contributed by atoms with Crippen molar-refractivity contribution in [3.05, 3.63) is 0 Å². The minimum atomic E-state index is 0.760. The molecular formula is C17H34N2. The van der Waals surface area contributed by atoms with Gasteiger partial charge < -0.3 is 5.32 Å². The molecule has 0 spiro atoms. The summed E-state index contributed by atoms with van der Waals surface area (Å²) in [6.45, 7) is 7.10. The normalized spacial score (nSPS) is 29.8. The van der Waals surface area contributed by atoms with Crippen LogP contribution in [0, 0.1) is 0 Å². The van der Waals surface area contributed by atoms with Crippen molar-refractivity contribution in [3.63, 3.8) is 0 Å². The monoisotopic (exact) mass is 266 g/mol. The van der Waals surface area contributed by atoms with Crippen LogP contribution in [-0.4, -0.2) is 36.1 Å². The molecule has 0 amide bonds. The maximum absolute atomic E-state index is 3.83. The molecule has 0 bridgehead atoms. The van der Waals surface area contributed by atoms with Gasteiger partial charge in [0.05, 0.1) is 0 Å². The Morgan fingerprint density at radius 1 is 0.895 bits per heavy atom. The number of likely N-dealkylation sites (N-methyl/N-ethyl adjacent to an activating group) is 1. The Hall–Kier alpha value is -0.0800. The Morgan fingerprint density at radius 2 is 1.58 bits per heavy atom. The molecule has 0 aliphatic heterocycles. The summed E-state index contributed by atoms with van der Waals surface area (Å²) in [4.78, 5) is 2.87. The van der Waals surface area contributed by atoms with E-state index in [1.807, 2.05) is 0 Å². The zero-order valence-corrected chi connectivity index (χ0v) is 13.2. The summed E-state index contributed by atoms with van der Waals surface area (Å²) >= 11 is 0. The largest absolute Gasteiger partial charge is 0.312 e. The molecule has 0 aromatic carbocycles. The summed E-state index contributed by atoms with van der Waals surface area (Å²) in [5, 5.41) is 3.83. The van der Waals surface area contributed by atoms with Gasteiger partial charge in [-0.15, -0.1) is 0 Å². The number of hydrogen-bond donors (Lipinski definition) is 1. The number of nitrogens with one attached hydrogen (secondary N) is 1. The summed E-state index contributed by atoms with van der Waals surface area (Å²) in [5.74, 6) is 0. The highest BCUT2D eigenvalue weighted by Gasteiger charge is 2.33. The summed E-state index contributed by atoms with van der Waals surface area (Å²) in [7, 11) is 0. The zero-order valence-electron chi connectivity index (χ0n) is 13.2. The van der Waals surface area contributed by atoms with E-state index in [1.54, 1.807) is 0 Å². The first-order valence-corrected chi connectivity index (χ1v) is 8.86. The predicted octanol–water partition coefficient (Wildman–Crippen LogP) is 3.95. The average molecular weight is 266 g/mol. The molecule has 2 nitrogen and oxygen atoms in total. The lowest BCUT2D eigenvalue weighted by Crippen LogP contribution is -2.55. The second kappa shape index (κ2) is 8.26. The molecule has 0 heterocycles. The molecule has 112 valence electrons. The molecule has 0 saturated heterocycles. The third-order valence-corrected chi connectivity index (χ3v) is 5.22. The lowest BCUT2D eigenvalue weighted by atomic mass is 9.85. The molecular weight excluding hydrogens is 232 g/mol. The van der Waals surface area contributed by atoms with Gasteiger partial charge in [0.1, 0.15) is 0 Å². The summed E-state index contributed by atoms with van der Waals surface area (Å²) in [6, 6.07) is 2.46. The smallest absolute Gasteiger partial charge is 0.0252 e. The number of hydrogen-bond acceptors (Lipinski definition) is 2. The van der Waals surface area contributed by atoms with Crippen molar-refractivity contribution in [1.82, 2.24) is 10.2 Å². The van der Waals surface area contributed by atoms with Crippen LogP contribution >= 0.6 is 0 Å². The lowest BCUT2D eigenvalue weighted by Gasteiger charge is -2.45. The average Bonchev–Trinajstić information content (AvgIpc) is 2.48. The van der Waals surface area contributed by atoms with Gasteiger partial charge in [0, 0.05) is 18.1 Å². The van der Waals surface area contributed by atoms with Crippen LogP contribution in [0.25, 0.3) is 0 Å². The van der Waals surface area contributed by atoms with Crippen LogP contribution in [0.1, 0.15) is 78.1 Å². The van der Waals surface area contributed by atoms with E-state index < -0.39 is 0 Å². The van der Waals surface area contributed by atoms with Gasteiger partial charge in [-0.3, -0.25) is 4.90 Å². The minimum Gasteiger partial charge on any atom is -0.312 e. The standard InChI is InChI=1S/C17H34N2/c1-3-14-18-16-12-8-9-13-17(16)19(4-2)15-10-6-5-7-11-15/h15-18H,3-14H2,1-2H3. The van der Waals surface area contributed by atoms with E-state index in [2.05, 4.69) is 24.1 Å².